The van der Waals surface area contributed by atoms with Crippen molar-refractivity contribution < 1.29 is 13.2 Å². The van der Waals surface area contributed by atoms with E-state index in [-0.39, 0.29) is 24.0 Å². The molecule has 0 spiro atoms. The van der Waals surface area contributed by atoms with E-state index in [0.717, 1.165) is 5.82 Å². The number of aromatic nitrogens is 3. The maximum Gasteiger partial charge on any atom is 0.403 e. The van der Waals surface area contributed by atoms with Crippen LogP contribution in [0.3, 0.4) is 0 Å². The van der Waals surface area contributed by atoms with Crippen LogP contribution in [0, 0.1) is 0 Å². The summed E-state index contributed by atoms with van der Waals surface area (Å²) in [5, 5.41) is 7.15. The number of piperazine rings is 1. The number of nitrogens with one attached hydrogen (secondary N) is 1. The van der Waals surface area contributed by atoms with Gasteiger partial charge in [-0.1, -0.05) is 0 Å². The van der Waals surface area contributed by atoms with E-state index < -0.39 is 12.2 Å². The number of hydrogen-bond acceptors (Lipinski definition) is 4. The molecule has 0 saturated carbocycles. The van der Waals surface area contributed by atoms with E-state index >= 15 is 0 Å². The highest BCUT2D eigenvalue weighted by Gasteiger charge is 2.41. The molecular weight excluding hydrogens is 438 g/mol. The summed E-state index contributed by atoms with van der Waals surface area (Å²) >= 11 is 0. The molecule has 24 heavy (non-hydrogen) atoms. The molecule has 11 heteroatoms. The van der Waals surface area contributed by atoms with E-state index in [0.29, 0.717) is 38.7 Å². The molecule has 0 radical (unpaired) electrons. The van der Waals surface area contributed by atoms with Crippen LogP contribution >= 0.6 is 24.0 Å². The number of aryl methyl sites for hydroxylation is 1. The van der Waals surface area contributed by atoms with Gasteiger partial charge >= 0.3 is 6.18 Å². The lowest BCUT2D eigenvalue weighted by atomic mass is 10.2. The van der Waals surface area contributed by atoms with Crippen molar-refractivity contribution >= 4 is 29.9 Å². The molecule has 138 valence electrons. The topological polar surface area (TPSA) is 61.6 Å². The second-order valence-corrected chi connectivity index (χ2v) is 5.44. The molecular formula is C13H23F3IN7. The predicted molar refractivity (Wildman–Crippen MR) is 95.3 cm³/mol. The molecule has 0 aromatic carbocycles. The van der Waals surface area contributed by atoms with Gasteiger partial charge in [0.25, 0.3) is 0 Å². The highest BCUT2D eigenvalue weighted by molar-refractivity contribution is 14.0. The van der Waals surface area contributed by atoms with Crippen molar-refractivity contribution in [1.29, 1.82) is 0 Å². The Bertz CT molecular complexity index is 538. The fourth-order valence-electron chi connectivity index (χ4n) is 2.50. The normalized spacial score (nSPS) is 18.2. The van der Waals surface area contributed by atoms with Crippen molar-refractivity contribution in [2.24, 2.45) is 12.0 Å². The van der Waals surface area contributed by atoms with Gasteiger partial charge in [0.1, 0.15) is 18.2 Å². The molecule has 2 rings (SSSR count). The molecule has 1 aromatic rings. The molecule has 1 aliphatic heterocycles. The van der Waals surface area contributed by atoms with Gasteiger partial charge in [0.05, 0.1) is 6.54 Å². The molecule has 1 aliphatic rings. The Morgan fingerprint density at radius 1 is 1.33 bits per heavy atom. The van der Waals surface area contributed by atoms with E-state index in [9.17, 15) is 13.2 Å². The van der Waals surface area contributed by atoms with Crippen molar-refractivity contribution in [3.63, 3.8) is 0 Å². The second kappa shape index (κ2) is 8.83. The number of guanidine groups is 1. The van der Waals surface area contributed by atoms with Crippen LogP contribution in [0.4, 0.5) is 13.2 Å². The summed E-state index contributed by atoms with van der Waals surface area (Å²) in [6.45, 7) is 3.37. The first kappa shape index (κ1) is 20.9. The van der Waals surface area contributed by atoms with Crippen molar-refractivity contribution in [2.75, 3.05) is 33.2 Å². The van der Waals surface area contributed by atoms with Gasteiger partial charge in [0.15, 0.2) is 5.96 Å². The Morgan fingerprint density at radius 2 is 1.96 bits per heavy atom. The summed E-state index contributed by atoms with van der Waals surface area (Å²) in [7, 11) is 3.45. The Morgan fingerprint density at radius 3 is 2.42 bits per heavy atom. The van der Waals surface area contributed by atoms with Gasteiger partial charge in [-0.15, -0.1) is 24.0 Å². The molecule has 1 saturated heterocycles. The van der Waals surface area contributed by atoms with E-state index in [1.165, 1.54) is 18.2 Å². The van der Waals surface area contributed by atoms with E-state index in [2.05, 4.69) is 20.4 Å². The maximum atomic E-state index is 12.8. The van der Waals surface area contributed by atoms with Gasteiger partial charge in [-0.25, -0.2) is 4.98 Å². The lowest BCUT2D eigenvalue weighted by Gasteiger charge is -2.39. The SMILES string of the molecule is CN=C(NCc1ncnn1C)N1CCN(C(C)C(F)(F)F)CC1.I. The van der Waals surface area contributed by atoms with Crippen LogP contribution in [0.25, 0.3) is 0 Å². The third kappa shape index (κ3) is 5.19. The van der Waals surface area contributed by atoms with E-state index in [1.807, 2.05) is 4.90 Å². The summed E-state index contributed by atoms with van der Waals surface area (Å²) in [5.74, 6) is 1.42. The summed E-state index contributed by atoms with van der Waals surface area (Å²) in [4.78, 5) is 11.7. The van der Waals surface area contributed by atoms with Gasteiger partial charge in [0, 0.05) is 40.3 Å². The van der Waals surface area contributed by atoms with Crippen molar-refractivity contribution in [3.05, 3.63) is 12.2 Å². The van der Waals surface area contributed by atoms with E-state index in [4.69, 9.17) is 0 Å². The minimum atomic E-state index is -4.19. The van der Waals surface area contributed by atoms with Gasteiger partial charge < -0.3 is 10.2 Å². The van der Waals surface area contributed by atoms with Crippen molar-refractivity contribution in [3.8, 4) is 0 Å². The fourth-order valence-corrected chi connectivity index (χ4v) is 2.50. The molecule has 1 unspecified atom stereocenters. The average Bonchev–Trinajstić information content (AvgIpc) is 2.92. The zero-order chi connectivity index (χ0) is 17.0. The number of halogens is 4. The minimum absolute atomic E-state index is 0. The lowest BCUT2D eigenvalue weighted by molar-refractivity contribution is -0.181. The van der Waals surface area contributed by atoms with Crippen LogP contribution in [-0.2, 0) is 13.6 Å². The third-order valence-corrected chi connectivity index (χ3v) is 4.06. The molecule has 1 aromatic heterocycles. The first-order valence-corrected chi connectivity index (χ1v) is 7.42. The predicted octanol–water partition coefficient (Wildman–Crippen LogP) is 1.08. The third-order valence-electron chi connectivity index (χ3n) is 4.06. The summed E-state index contributed by atoms with van der Waals surface area (Å²) in [6, 6.07) is -1.42. The average molecular weight is 461 g/mol. The molecule has 1 atom stereocenters. The summed E-state index contributed by atoms with van der Waals surface area (Å²) in [6.07, 6.45) is -2.72. The van der Waals surface area contributed by atoms with Crippen LogP contribution in [-0.4, -0.2) is 76.0 Å². The zero-order valence-corrected chi connectivity index (χ0v) is 16.2. The first-order chi connectivity index (χ1) is 10.8. The van der Waals surface area contributed by atoms with Crippen molar-refractivity contribution in [1.82, 2.24) is 29.9 Å². The number of hydrogen-bond donors (Lipinski definition) is 1. The molecule has 0 amide bonds. The number of rotatable bonds is 3. The molecule has 1 fully saturated rings. The molecule has 2 heterocycles. The Labute approximate surface area is 156 Å². The van der Waals surface area contributed by atoms with Crippen LogP contribution in [0.5, 0.6) is 0 Å². The number of aliphatic imine (C=N–C) groups is 1. The van der Waals surface area contributed by atoms with Gasteiger partial charge in [0.2, 0.25) is 0 Å². The number of nitrogens with zero attached hydrogens (tertiary/aromatic N) is 6. The maximum absolute atomic E-state index is 12.8. The van der Waals surface area contributed by atoms with Crippen LogP contribution in [0.2, 0.25) is 0 Å². The highest BCUT2D eigenvalue weighted by Crippen LogP contribution is 2.25. The largest absolute Gasteiger partial charge is 0.403 e. The monoisotopic (exact) mass is 461 g/mol. The first-order valence-electron chi connectivity index (χ1n) is 7.42. The zero-order valence-electron chi connectivity index (χ0n) is 13.9. The minimum Gasteiger partial charge on any atom is -0.349 e. The molecule has 1 N–H and O–H groups in total. The van der Waals surface area contributed by atoms with E-state index in [1.54, 1.807) is 18.8 Å². The Hall–Kier alpha value is -1.11. The van der Waals surface area contributed by atoms with Gasteiger partial charge in [-0.3, -0.25) is 14.6 Å². The second-order valence-electron chi connectivity index (χ2n) is 5.44. The fraction of sp³-hybridized carbons (Fsp3) is 0.769. The number of alkyl halides is 3. The summed E-state index contributed by atoms with van der Waals surface area (Å²) < 4.78 is 40.0. The summed E-state index contributed by atoms with van der Waals surface area (Å²) in [5.41, 5.74) is 0. The Balaban J connectivity index is 0.00000288. The Kier molecular flexibility index (Phi) is 7.70. The molecule has 0 aliphatic carbocycles. The van der Waals surface area contributed by atoms with Crippen molar-refractivity contribution in [2.45, 2.75) is 25.7 Å². The lowest BCUT2D eigenvalue weighted by Crippen LogP contribution is -2.56. The van der Waals surface area contributed by atoms with Crippen LogP contribution in [0.1, 0.15) is 12.7 Å². The molecule has 7 nitrogen and oxygen atoms in total. The van der Waals surface area contributed by atoms with Gasteiger partial charge in [-0.2, -0.15) is 18.3 Å². The van der Waals surface area contributed by atoms with Gasteiger partial charge in [-0.05, 0) is 6.92 Å². The standard InChI is InChI=1S/C13H22F3N7.HI/c1-10(13(14,15)16)22-4-6-23(7-5-22)12(17-2)18-8-11-19-9-20-21(11)3;/h9-10H,4-8H2,1-3H3,(H,17,18);1H. The quantitative estimate of drug-likeness (QED) is 0.415. The van der Waals surface area contributed by atoms with Crippen LogP contribution < -0.4 is 5.32 Å². The molecule has 0 bridgehead atoms. The smallest absolute Gasteiger partial charge is 0.349 e. The highest BCUT2D eigenvalue weighted by atomic mass is 127. The van der Waals surface area contributed by atoms with Crippen LogP contribution in [0.15, 0.2) is 11.3 Å².